The van der Waals surface area contributed by atoms with Gasteiger partial charge in [0, 0.05) is 24.2 Å². The highest BCUT2D eigenvalue weighted by Crippen LogP contribution is 2.09. The molecule has 1 amide bonds. The minimum atomic E-state index is -0.258. The first-order valence-corrected chi connectivity index (χ1v) is 9.85. The zero-order valence-electron chi connectivity index (χ0n) is 17.8. The van der Waals surface area contributed by atoms with Gasteiger partial charge in [-0.3, -0.25) is 4.79 Å². The van der Waals surface area contributed by atoms with Crippen molar-refractivity contribution in [2.24, 2.45) is 4.99 Å². The van der Waals surface area contributed by atoms with Gasteiger partial charge in [0.2, 0.25) is 0 Å². The number of guanidine groups is 1. The van der Waals surface area contributed by atoms with Gasteiger partial charge in [-0.15, -0.1) is 24.0 Å². The van der Waals surface area contributed by atoms with E-state index in [0.29, 0.717) is 12.1 Å². The third kappa shape index (κ3) is 9.78. The first-order valence-electron chi connectivity index (χ1n) is 9.85. The Balaban J connectivity index is 0.00000420. The molecule has 2 aromatic rings. The molecular formula is C23H33IN4O. The van der Waals surface area contributed by atoms with E-state index < -0.39 is 0 Å². The zero-order valence-corrected chi connectivity index (χ0v) is 20.1. The molecule has 2 rings (SSSR count). The maximum Gasteiger partial charge on any atom is 0.251 e. The Kier molecular flexibility index (Phi) is 10.7. The molecule has 29 heavy (non-hydrogen) atoms. The number of nitrogens with zero attached hydrogens (tertiary/aromatic N) is 1. The first kappa shape index (κ1) is 24.9. The van der Waals surface area contributed by atoms with Gasteiger partial charge in [0.15, 0.2) is 5.96 Å². The molecule has 6 heteroatoms. The van der Waals surface area contributed by atoms with Crippen LogP contribution in [0, 0.1) is 0 Å². The largest absolute Gasteiger partial charge is 0.357 e. The van der Waals surface area contributed by atoms with Crippen molar-refractivity contribution in [3.05, 3.63) is 71.3 Å². The molecule has 0 aromatic heterocycles. The topological polar surface area (TPSA) is 65.5 Å². The summed E-state index contributed by atoms with van der Waals surface area (Å²) in [6.07, 6.45) is 0.938. The smallest absolute Gasteiger partial charge is 0.251 e. The second-order valence-electron chi connectivity index (χ2n) is 7.76. The van der Waals surface area contributed by atoms with Crippen LogP contribution in [0.5, 0.6) is 0 Å². The third-order valence-corrected chi connectivity index (χ3v) is 3.99. The quantitative estimate of drug-likeness (QED) is 0.300. The molecule has 158 valence electrons. The number of aliphatic imine (C=N–C) groups is 1. The molecule has 5 nitrogen and oxygen atoms in total. The average Bonchev–Trinajstić information content (AvgIpc) is 2.66. The summed E-state index contributed by atoms with van der Waals surface area (Å²) in [6.45, 7) is 10.1. The van der Waals surface area contributed by atoms with Crippen LogP contribution in [0.2, 0.25) is 0 Å². The van der Waals surface area contributed by atoms with E-state index in [4.69, 9.17) is 0 Å². The van der Waals surface area contributed by atoms with Gasteiger partial charge >= 0.3 is 0 Å². The van der Waals surface area contributed by atoms with E-state index in [1.807, 2.05) is 58.0 Å². The van der Waals surface area contributed by atoms with Gasteiger partial charge in [-0.2, -0.15) is 0 Å². The highest BCUT2D eigenvalue weighted by molar-refractivity contribution is 14.0. The summed E-state index contributed by atoms with van der Waals surface area (Å²) in [5.74, 6) is 0.717. The Morgan fingerprint density at radius 2 is 1.66 bits per heavy atom. The van der Waals surface area contributed by atoms with Crippen molar-refractivity contribution < 1.29 is 4.79 Å². The number of carbonyl (C=O) groups is 1. The fourth-order valence-corrected chi connectivity index (χ4v) is 2.71. The number of hydrogen-bond donors (Lipinski definition) is 3. The molecular weight excluding hydrogens is 475 g/mol. The van der Waals surface area contributed by atoms with Crippen molar-refractivity contribution in [2.75, 3.05) is 13.1 Å². The Morgan fingerprint density at radius 3 is 2.31 bits per heavy atom. The Morgan fingerprint density at radius 1 is 0.966 bits per heavy atom. The number of halogens is 1. The minimum Gasteiger partial charge on any atom is -0.357 e. The van der Waals surface area contributed by atoms with Gasteiger partial charge in [-0.1, -0.05) is 42.5 Å². The van der Waals surface area contributed by atoms with Crippen LogP contribution in [0.1, 0.15) is 49.2 Å². The minimum absolute atomic E-state index is 0. The van der Waals surface area contributed by atoms with E-state index in [9.17, 15) is 4.79 Å². The van der Waals surface area contributed by atoms with Crippen LogP contribution < -0.4 is 16.0 Å². The second kappa shape index (κ2) is 12.5. The molecule has 3 N–H and O–H groups in total. The number of nitrogens with one attached hydrogen (secondary N) is 3. The Labute approximate surface area is 191 Å². The van der Waals surface area contributed by atoms with E-state index in [-0.39, 0.29) is 35.4 Å². The highest BCUT2D eigenvalue weighted by Gasteiger charge is 2.15. The van der Waals surface area contributed by atoms with E-state index in [0.717, 1.165) is 31.0 Å². The maximum atomic E-state index is 12.4. The van der Waals surface area contributed by atoms with Crippen molar-refractivity contribution in [1.29, 1.82) is 0 Å². The van der Waals surface area contributed by atoms with Crippen LogP contribution >= 0.6 is 24.0 Å². The Hall–Kier alpha value is -2.09. The molecule has 0 saturated heterocycles. The van der Waals surface area contributed by atoms with Gasteiger partial charge < -0.3 is 16.0 Å². The molecule has 0 unspecified atom stereocenters. The fourth-order valence-electron chi connectivity index (χ4n) is 2.71. The van der Waals surface area contributed by atoms with E-state index in [1.54, 1.807) is 0 Å². The fraction of sp³-hybridized carbons (Fsp3) is 0.391. The molecule has 0 heterocycles. The van der Waals surface area contributed by atoms with Crippen LogP contribution in [-0.2, 0) is 13.0 Å². The molecule has 0 aliphatic carbocycles. The molecule has 2 aromatic carbocycles. The summed E-state index contributed by atoms with van der Waals surface area (Å²) in [4.78, 5) is 17.0. The summed E-state index contributed by atoms with van der Waals surface area (Å²) in [5, 5.41) is 9.63. The molecule has 0 saturated carbocycles. The number of amides is 1. The van der Waals surface area contributed by atoms with Crippen LogP contribution in [0.25, 0.3) is 0 Å². The molecule has 0 atom stereocenters. The number of rotatable bonds is 7. The monoisotopic (exact) mass is 508 g/mol. The van der Waals surface area contributed by atoms with Crippen LogP contribution in [0.4, 0.5) is 0 Å². The van der Waals surface area contributed by atoms with Crippen LogP contribution in [0.3, 0.4) is 0 Å². The second-order valence-corrected chi connectivity index (χ2v) is 7.76. The molecule has 0 bridgehead atoms. The average molecular weight is 508 g/mol. The maximum absolute atomic E-state index is 12.4. The predicted octanol–water partition coefficient (Wildman–Crippen LogP) is 4.13. The molecule has 0 aliphatic heterocycles. The summed E-state index contributed by atoms with van der Waals surface area (Å²) in [6, 6.07) is 18.0. The lowest BCUT2D eigenvalue weighted by Gasteiger charge is -2.20. The number of benzene rings is 2. The lowest BCUT2D eigenvalue weighted by molar-refractivity contribution is 0.0919. The van der Waals surface area contributed by atoms with E-state index in [2.05, 4.69) is 45.2 Å². The lowest BCUT2D eigenvalue weighted by Crippen LogP contribution is -2.40. The number of carbonyl (C=O) groups excluding carboxylic acids is 1. The van der Waals surface area contributed by atoms with E-state index >= 15 is 0 Å². The van der Waals surface area contributed by atoms with Crippen molar-refractivity contribution in [1.82, 2.24) is 16.0 Å². The summed E-state index contributed by atoms with van der Waals surface area (Å²) >= 11 is 0. The van der Waals surface area contributed by atoms with Gasteiger partial charge in [0.1, 0.15) is 0 Å². The number of hydrogen-bond acceptors (Lipinski definition) is 2. The van der Waals surface area contributed by atoms with Crippen molar-refractivity contribution in [2.45, 2.75) is 46.2 Å². The lowest BCUT2D eigenvalue weighted by atomic mass is 10.1. The molecule has 0 fully saturated rings. The van der Waals surface area contributed by atoms with Crippen molar-refractivity contribution in [3.8, 4) is 0 Å². The molecule has 0 aliphatic rings. The summed E-state index contributed by atoms with van der Waals surface area (Å²) in [7, 11) is 0. The summed E-state index contributed by atoms with van der Waals surface area (Å²) < 4.78 is 0. The van der Waals surface area contributed by atoms with Crippen LogP contribution in [-0.4, -0.2) is 30.5 Å². The normalized spacial score (nSPS) is 11.4. The van der Waals surface area contributed by atoms with Gasteiger partial charge in [0.05, 0.1) is 6.54 Å². The van der Waals surface area contributed by atoms with Crippen LogP contribution in [0.15, 0.2) is 59.6 Å². The highest BCUT2D eigenvalue weighted by atomic mass is 127. The van der Waals surface area contributed by atoms with Crippen molar-refractivity contribution in [3.63, 3.8) is 0 Å². The first-order chi connectivity index (χ1) is 13.4. The Bertz CT molecular complexity index is 785. The molecule has 0 spiro atoms. The predicted molar refractivity (Wildman–Crippen MR) is 132 cm³/mol. The van der Waals surface area contributed by atoms with E-state index in [1.165, 1.54) is 5.56 Å². The summed E-state index contributed by atoms with van der Waals surface area (Å²) in [5.41, 5.74) is 2.70. The standard InChI is InChI=1S/C23H32N4O.HI/c1-5-24-22(25-15-14-18-10-7-6-8-11-18)26-17-19-12-9-13-20(16-19)21(28)27-23(2,3)4;/h6-13,16H,5,14-15,17H2,1-4H3,(H,27,28)(H2,24,25,26);1H. The molecule has 0 radical (unpaired) electrons. The van der Waals surface area contributed by atoms with Gasteiger partial charge in [-0.25, -0.2) is 4.99 Å². The third-order valence-electron chi connectivity index (χ3n) is 3.99. The zero-order chi connectivity index (χ0) is 20.4. The SMILES string of the molecule is CCNC(=NCc1cccc(C(=O)NC(C)(C)C)c1)NCCc1ccccc1.I. The van der Waals surface area contributed by atoms with Crippen molar-refractivity contribution >= 4 is 35.8 Å². The van der Waals surface area contributed by atoms with Gasteiger partial charge in [0.25, 0.3) is 5.91 Å². The van der Waals surface area contributed by atoms with Gasteiger partial charge in [-0.05, 0) is 57.4 Å².